The van der Waals surface area contributed by atoms with Crippen molar-refractivity contribution in [2.45, 2.75) is 13.8 Å². The summed E-state index contributed by atoms with van der Waals surface area (Å²) in [5, 5.41) is 5.94. The number of aryl methyl sites for hydroxylation is 2. The smallest absolute Gasteiger partial charge is 0.257 e. The summed E-state index contributed by atoms with van der Waals surface area (Å²) < 4.78 is 0.941. The number of benzene rings is 2. The standard InChI is InChI=1S/C16H15BrN2OS/c1-10-6-11(2)8-12(7-10)15(20)19-16(21)18-14-5-3-4-13(17)9-14/h3-9H,1-2H3,(H2,18,19,20,21). The van der Waals surface area contributed by atoms with Gasteiger partial charge in [0.1, 0.15) is 0 Å². The fourth-order valence-corrected chi connectivity index (χ4v) is 2.62. The molecule has 0 bridgehead atoms. The number of anilines is 1. The van der Waals surface area contributed by atoms with Crippen LogP contribution in [-0.2, 0) is 0 Å². The Morgan fingerprint density at radius 2 is 1.76 bits per heavy atom. The molecule has 1 amide bonds. The van der Waals surface area contributed by atoms with Crippen molar-refractivity contribution in [1.29, 1.82) is 0 Å². The zero-order chi connectivity index (χ0) is 15.4. The Kier molecular flexibility index (Phi) is 5.09. The molecule has 2 N–H and O–H groups in total. The molecule has 0 aliphatic heterocycles. The van der Waals surface area contributed by atoms with E-state index in [2.05, 4.69) is 26.6 Å². The van der Waals surface area contributed by atoms with Gasteiger partial charge in [0.05, 0.1) is 0 Å². The van der Waals surface area contributed by atoms with Crippen molar-refractivity contribution in [3.63, 3.8) is 0 Å². The van der Waals surface area contributed by atoms with Crippen LogP contribution in [0.1, 0.15) is 21.5 Å². The molecule has 0 heterocycles. The molecule has 0 aliphatic rings. The topological polar surface area (TPSA) is 41.1 Å². The number of amides is 1. The summed E-state index contributed by atoms with van der Waals surface area (Å²) in [6.07, 6.45) is 0. The maximum absolute atomic E-state index is 12.2. The maximum atomic E-state index is 12.2. The van der Waals surface area contributed by atoms with Crippen LogP contribution < -0.4 is 10.6 Å². The SMILES string of the molecule is Cc1cc(C)cc(C(=O)NC(=S)Nc2cccc(Br)c2)c1. The third kappa shape index (κ3) is 4.65. The Labute approximate surface area is 137 Å². The molecule has 0 atom stereocenters. The Bertz CT molecular complexity index is 680. The highest BCUT2D eigenvalue weighted by molar-refractivity contribution is 9.10. The lowest BCUT2D eigenvalue weighted by molar-refractivity contribution is 0.0977. The van der Waals surface area contributed by atoms with Gasteiger partial charge >= 0.3 is 0 Å². The molecule has 2 aromatic carbocycles. The van der Waals surface area contributed by atoms with E-state index in [9.17, 15) is 4.79 Å². The molecule has 5 heteroatoms. The molecule has 0 spiro atoms. The van der Waals surface area contributed by atoms with Gasteiger partial charge < -0.3 is 5.32 Å². The largest absolute Gasteiger partial charge is 0.332 e. The number of carbonyl (C=O) groups excluding carboxylic acids is 1. The second-order valence-electron chi connectivity index (χ2n) is 4.79. The fraction of sp³-hybridized carbons (Fsp3) is 0.125. The van der Waals surface area contributed by atoms with Gasteiger partial charge in [0, 0.05) is 15.7 Å². The quantitative estimate of drug-likeness (QED) is 0.786. The lowest BCUT2D eigenvalue weighted by atomic mass is 10.1. The van der Waals surface area contributed by atoms with Crippen LogP contribution in [0.5, 0.6) is 0 Å². The molecule has 21 heavy (non-hydrogen) atoms. The monoisotopic (exact) mass is 362 g/mol. The average molecular weight is 363 g/mol. The molecule has 0 fully saturated rings. The van der Waals surface area contributed by atoms with E-state index in [1.54, 1.807) is 0 Å². The summed E-state index contributed by atoms with van der Waals surface area (Å²) in [7, 11) is 0. The molecule has 2 rings (SSSR count). The average Bonchev–Trinajstić information content (AvgIpc) is 2.37. The molecule has 3 nitrogen and oxygen atoms in total. The van der Waals surface area contributed by atoms with Gasteiger partial charge in [-0.3, -0.25) is 10.1 Å². The van der Waals surface area contributed by atoms with Crippen LogP contribution in [0.2, 0.25) is 0 Å². The van der Waals surface area contributed by atoms with Gasteiger partial charge in [0.15, 0.2) is 5.11 Å². The Hall–Kier alpha value is -1.72. The van der Waals surface area contributed by atoms with Crippen LogP contribution in [0.15, 0.2) is 46.9 Å². The normalized spacial score (nSPS) is 10.0. The molecule has 0 radical (unpaired) electrons. The lowest BCUT2D eigenvalue weighted by Gasteiger charge is -2.10. The highest BCUT2D eigenvalue weighted by Crippen LogP contribution is 2.15. The number of nitrogens with one attached hydrogen (secondary N) is 2. The van der Waals surface area contributed by atoms with E-state index in [1.807, 2.05) is 56.3 Å². The van der Waals surface area contributed by atoms with Crippen molar-refractivity contribution in [3.05, 3.63) is 63.6 Å². The first-order valence-electron chi connectivity index (χ1n) is 6.40. The molecule has 0 saturated carbocycles. The Balaban J connectivity index is 2.03. The van der Waals surface area contributed by atoms with Gasteiger partial charge in [0.2, 0.25) is 0 Å². The van der Waals surface area contributed by atoms with E-state index in [4.69, 9.17) is 12.2 Å². The van der Waals surface area contributed by atoms with Crippen LogP contribution in [0.3, 0.4) is 0 Å². The van der Waals surface area contributed by atoms with Gasteiger partial charge in [-0.1, -0.05) is 39.2 Å². The second kappa shape index (κ2) is 6.83. The molecule has 108 valence electrons. The minimum Gasteiger partial charge on any atom is -0.332 e. The predicted molar refractivity (Wildman–Crippen MR) is 93.7 cm³/mol. The van der Waals surface area contributed by atoms with Crippen molar-refractivity contribution in [2.24, 2.45) is 0 Å². The zero-order valence-electron chi connectivity index (χ0n) is 11.7. The summed E-state index contributed by atoms with van der Waals surface area (Å²) in [5.74, 6) is -0.214. The van der Waals surface area contributed by atoms with E-state index in [0.29, 0.717) is 5.56 Å². The van der Waals surface area contributed by atoms with Gasteiger partial charge in [-0.15, -0.1) is 0 Å². The van der Waals surface area contributed by atoms with Crippen LogP contribution in [0.4, 0.5) is 5.69 Å². The van der Waals surface area contributed by atoms with Gasteiger partial charge in [-0.05, 0) is 56.4 Å². The van der Waals surface area contributed by atoms with E-state index >= 15 is 0 Å². The Morgan fingerprint density at radius 1 is 1.10 bits per heavy atom. The first-order chi connectivity index (χ1) is 9.94. The molecule has 0 unspecified atom stereocenters. The van der Waals surface area contributed by atoms with Crippen molar-refractivity contribution < 1.29 is 4.79 Å². The van der Waals surface area contributed by atoms with Crippen LogP contribution in [0.25, 0.3) is 0 Å². The van der Waals surface area contributed by atoms with Crippen molar-refractivity contribution >= 4 is 44.9 Å². The third-order valence-electron chi connectivity index (χ3n) is 2.79. The van der Waals surface area contributed by atoms with Gasteiger partial charge in [0.25, 0.3) is 5.91 Å². The van der Waals surface area contributed by atoms with Crippen LogP contribution in [0, 0.1) is 13.8 Å². The molecule has 2 aromatic rings. The number of hydrogen-bond donors (Lipinski definition) is 2. The van der Waals surface area contributed by atoms with Gasteiger partial charge in [-0.25, -0.2) is 0 Å². The summed E-state index contributed by atoms with van der Waals surface area (Å²) in [6.45, 7) is 3.92. The summed E-state index contributed by atoms with van der Waals surface area (Å²) >= 11 is 8.55. The van der Waals surface area contributed by atoms with Crippen molar-refractivity contribution in [2.75, 3.05) is 5.32 Å². The first-order valence-corrected chi connectivity index (χ1v) is 7.60. The first kappa shape index (κ1) is 15.7. The highest BCUT2D eigenvalue weighted by Gasteiger charge is 2.09. The Morgan fingerprint density at radius 3 is 2.38 bits per heavy atom. The van der Waals surface area contributed by atoms with E-state index in [0.717, 1.165) is 21.3 Å². The molecule has 0 saturated heterocycles. The van der Waals surface area contributed by atoms with E-state index in [1.165, 1.54) is 0 Å². The summed E-state index contributed by atoms with van der Waals surface area (Å²) in [5.41, 5.74) is 3.51. The molecular formula is C16H15BrN2OS. The zero-order valence-corrected chi connectivity index (χ0v) is 14.1. The summed E-state index contributed by atoms with van der Waals surface area (Å²) in [4.78, 5) is 12.2. The van der Waals surface area contributed by atoms with Crippen LogP contribution in [-0.4, -0.2) is 11.0 Å². The second-order valence-corrected chi connectivity index (χ2v) is 6.12. The molecule has 0 aliphatic carbocycles. The summed E-state index contributed by atoms with van der Waals surface area (Å²) in [6, 6.07) is 13.3. The number of carbonyl (C=O) groups is 1. The third-order valence-corrected chi connectivity index (χ3v) is 3.49. The predicted octanol–water partition coefficient (Wildman–Crippen LogP) is 4.19. The van der Waals surface area contributed by atoms with Crippen LogP contribution >= 0.6 is 28.1 Å². The molecular weight excluding hydrogens is 348 g/mol. The van der Waals surface area contributed by atoms with E-state index in [-0.39, 0.29) is 11.0 Å². The van der Waals surface area contributed by atoms with Crippen molar-refractivity contribution in [1.82, 2.24) is 5.32 Å². The lowest BCUT2D eigenvalue weighted by Crippen LogP contribution is -2.34. The molecule has 0 aromatic heterocycles. The number of thiocarbonyl (C=S) groups is 1. The highest BCUT2D eigenvalue weighted by atomic mass is 79.9. The van der Waals surface area contributed by atoms with Gasteiger partial charge in [-0.2, -0.15) is 0 Å². The minimum absolute atomic E-state index is 0.214. The number of rotatable bonds is 2. The number of halogens is 1. The van der Waals surface area contributed by atoms with E-state index < -0.39 is 0 Å². The maximum Gasteiger partial charge on any atom is 0.257 e. The fourth-order valence-electron chi connectivity index (χ4n) is 2.01. The minimum atomic E-state index is -0.214. The number of hydrogen-bond acceptors (Lipinski definition) is 2. The van der Waals surface area contributed by atoms with Crippen molar-refractivity contribution in [3.8, 4) is 0 Å².